The fourth-order valence-corrected chi connectivity index (χ4v) is 3.10. The summed E-state index contributed by atoms with van der Waals surface area (Å²) in [5, 5.41) is 19.3. The molecule has 0 aliphatic rings. The van der Waals surface area contributed by atoms with Crippen molar-refractivity contribution in [2.45, 2.75) is 5.79 Å². The highest BCUT2D eigenvalue weighted by atomic mass is 16.7. The van der Waals surface area contributed by atoms with Gasteiger partial charge in [-0.3, -0.25) is 0 Å². The van der Waals surface area contributed by atoms with Gasteiger partial charge in [-0.1, -0.05) is 60.7 Å². The molecular weight excluding hydrogens is 364 g/mol. The lowest BCUT2D eigenvalue weighted by Crippen LogP contribution is -2.40. The Morgan fingerprint density at radius 3 is 1.14 bits per heavy atom. The Balaban J connectivity index is 1.88. The van der Waals surface area contributed by atoms with Gasteiger partial charge in [0.15, 0.2) is 0 Å². The first kappa shape index (κ1) is 18.4. The topological polar surface area (TPSA) is 58.9 Å². The molecule has 0 spiro atoms. The maximum Gasteiger partial charge on any atom is 0.305 e. The Bertz CT molecular complexity index is 954. The Morgan fingerprint density at radius 2 is 0.793 bits per heavy atom. The minimum absolute atomic E-state index is 0.154. The minimum atomic E-state index is -1.28. The van der Waals surface area contributed by atoms with E-state index in [1.54, 1.807) is 48.5 Å². The van der Waals surface area contributed by atoms with Crippen molar-refractivity contribution >= 4 is 0 Å². The summed E-state index contributed by atoms with van der Waals surface area (Å²) in [6, 6.07) is 32.3. The van der Waals surface area contributed by atoms with Gasteiger partial charge in [-0.25, -0.2) is 0 Å². The van der Waals surface area contributed by atoms with Crippen LogP contribution in [-0.4, -0.2) is 10.2 Å². The number of rotatable bonds is 6. The van der Waals surface area contributed by atoms with Crippen LogP contribution in [-0.2, 0) is 5.79 Å². The van der Waals surface area contributed by atoms with Crippen LogP contribution in [0.1, 0.15) is 11.1 Å². The quantitative estimate of drug-likeness (QED) is 0.434. The zero-order valence-corrected chi connectivity index (χ0v) is 15.6. The third-order valence-electron chi connectivity index (χ3n) is 4.50. The lowest BCUT2D eigenvalue weighted by atomic mass is 9.96. The number of hydrogen-bond acceptors (Lipinski definition) is 4. The summed E-state index contributed by atoms with van der Waals surface area (Å²) >= 11 is 0. The molecule has 0 unspecified atom stereocenters. The first-order valence-corrected chi connectivity index (χ1v) is 9.23. The molecule has 0 saturated heterocycles. The average Bonchev–Trinajstić information content (AvgIpc) is 2.77. The second-order valence-electron chi connectivity index (χ2n) is 6.54. The second-order valence-corrected chi connectivity index (χ2v) is 6.54. The van der Waals surface area contributed by atoms with E-state index in [-0.39, 0.29) is 11.5 Å². The Kier molecular flexibility index (Phi) is 5.08. The summed E-state index contributed by atoms with van der Waals surface area (Å²) in [6.45, 7) is 0. The zero-order chi connectivity index (χ0) is 20.1. The van der Waals surface area contributed by atoms with Gasteiger partial charge in [-0.2, -0.15) is 0 Å². The Morgan fingerprint density at radius 1 is 0.448 bits per heavy atom. The van der Waals surface area contributed by atoms with Crippen LogP contribution in [0.15, 0.2) is 109 Å². The average molecular weight is 384 g/mol. The van der Waals surface area contributed by atoms with Crippen molar-refractivity contribution in [3.05, 3.63) is 120 Å². The predicted molar refractivity (Wildman–Crippen MR) is 111 cm³/mol. The molecule has 4 nitrogen and oxygen atoms in total. The van der Waals surface area contributed by atoms with Crippen molar-refractivity contribution in [1.29, 1.82) is 0 Å². The van der Waals surface area contributed by atoms with Crippen LogP contribution >= 0.6 is 0 Å². The smallest absolute Gasteiger partial charge is 0.305 e. The van der Waals surface area contributed by atoms with E-state index in [0.29, 0.717) is 11.5 Å². The van der Waals surface area contributed by atoms with E-state index in [1.165, 1.54) is 0 Å². The number of hydrogen-bond donors (Lipinski definition) is 2. The first-order chi connectivity index (χ1) is 14.2. The molecule has 0 saturated carbocycles. The fraction of sp³-hybridized carbons (Fsp3) is 0.0400. The molecule has 4 aromatic rings. The SMILES string of the molecule is Oc1ccc(OC(Oc2ccc(O)cc2)(c2ccccc2)c2ccccc2)cc1. The number of phenolic OH excluding ortho intramolecular Hbond substituents is 2. The van der Waals surface area contributed by atoms with Gasteiger partial charge in [0.1, 0.15) is 23.0 Å². The molecule has 4 rings (SSSR count). The molecule has 0 bridgehead atoms. The highest BCUT2D eigenvalue weighted by Crippen LogP contribution is 2.38. The van der Waals surface area contributed by atoms with E-state index in [0.717, 1.165) is 11.1 Å². The van der Waals surface area contributed by atoms with Crippen LogP contribution in [0.3, 0.4) is 0 Å². The molecule has 144 valence electrons. The van der Waals surface area contributed by atoms with Crippen molar-refractivity contribution in [3.8, 4) is 23.0 Å². The van der Waals surface area contributed by atoms with Gasteiger partial charge < -0.3 is 19.7 Å². The zero-order valence-electron chi connectivity index (χ0n) is 15.6. The summed E-state index contributed by atoms with van der Waals surface area (Å²) in [5.41, 5.74) is 1.60. The highest BCUT2D eigenvalue weighted by molar-refractivity contribution is 5.40. The first-order valence-electron chi connectivity index (χ1n) is 9.23. The molecule has 0 aliphatic carbocycles. The minimum Gasteiger partial charge on any atom is -0.508 e. The lowest BCUT2D eigenvalue weighted by Gasteiger charge is -2.35. The molecule has 2 N–H and O–H groups in total. The molecule has 0 aliphatic heterocycles. The molecule has 0 atom stereocenters. The monoisotopic (exact) mass is 384 g/mol. The molecule has 29 heavy (non-hydrogen) atoms. The summed E-state index contributed by atoms with van der Waals surface area (Å²) in [4.78, 5) is 0. The standard InChI is InChI=1S/C25H20O4/c26-21-11-15-23(16-12-21)28-25(19-7-3-1-4-8-19,20-9-5-2-6-10-20)29-24-17-13-22(27)14-18-24/h1-18,26-27H. The number of aromatic hydroxyl groups is 2. The highest BCUT2D eigenvalue weighted by Gasteiger charge is 2.40. The van der Waals surface area contributed by atoms with Gasteiger partial charge >= 0.3 is 5.79 Å². The summed E-state index contributed by atoms with van der Waals surface area (Å²) in [7, 11) is 0. The third kappa shape index (κ3) is 4.01. The van der Waals surface area contributed by atoms with Gasteiger partial charge in [0.2, 0.25) is 0 Å². The van der Waals surface area contributed by atoms with Crippen molar-refractivity contribution in [1.82, 2.24) is 0 Å². The van der Waals surface area contributed by atoms with E-state index in [1.807, 2.05) is 60.7 Å². The van der Waals surface area contributed by atoms with Gasteiger partial charge in [0, 0.05) is 11.1 Å². The molecular formula is C25H20O4. The van der Waals surface area contributed by atoms with Gasteiger partial charge in [0.25, 0.3) is 0 Å². The fourth-order valence-electron chi connectivity index (χ4n) is 3.10. The number of benzene rings is 4. The molecule has 0 heterocycles. The molecule has 4 heteroatoms. The van der Waals surface area contributed by atoms with Crippen LogP contribution in [0.5, 0.6) is 23.0 Å². The molecule has 0 fully saturated rings. The molecule has 0 radical (unpaired) electrons. The van der Waals surface area contributed by atoms with E-state index < -0.39 is 5.79 Å². The van der Waals surface area contributed by atoms with Crippen LogP contribution in [0.2, 0.25) is 0 Å². The normalized spacial score (nSPS) is 11.0. The predicted octanol–water partition coefficient (Wildman–Crippen LogP) is 5.46. The van der Waals surface area contributed by atoms with Crippen LogP contribution in [0.25, 0.3) is 0 Å². The number of phenols is 2. The van der Waals surface area contributed by atoms with Gasteiger partial charge in [0.05, 0.1) is 0 Å². The molecule has 0 amide bonds. The number of ether oxygens (including phenoxy) is 2. The summed E-state index contributed by atoms with van der Waals surface area (Å²) < 4.78 is 12.9. The molecule has 0 aromatic heterocycles. The van der Waals surface area contributed by atoms with Crippen LogP contribution < -0.4 is 9.47 Å². The largest absolute Gasteiger partial charge is 0.508 e. The van der Waals surface area contributed by atoms with Crippen molar-refractivity contribution in [2.75, 3.05) is 0 Å². The summed E-state index contributed by atoms with van der Waals surface area (Å²) in [5.74, 6) is 0.100. The summed E-state index contributed by atoms with van der Waals surface area (Å²) in [6.07, 6.45) is 0. The third-order valence-corrected chi connectivity index (χ3v) is 4.50. The Labute approximate surface area is 169 Å². The molecule has 4 aromatic carbocycles. The van der Waals surface area contributed by atoms with Crippen molar-refractivity contribution < 1.29 is 19.7 Å². The lowest BCUT2D eigenvalue weighted by molar-refractivity contribution is -0.0844. The van der Waals surface area contributed by atoms with E-state index in [4.69, 9.17) is 9.47 Å². The van der Waals surface area contributed by atoms with Gasteiger partial charge in [-0.05, 0) is 48.5 Å². The van der Waals surface area contributed by atoms with E-state index in [2.05, 4.69) is 0 Å². The van der Waals surface area contributed by atoms with E-state index >= 15 is 0 Å². The Hall–Kier alpha value is -3.92. The van der Waals surface area contributed by atoms with Crippen molar-refractivity contribution in [2.24, 2.45) is 0 Å². The van der Waals surface area contributed by atoms with Crippen LogP contribution in [0.4, 0.5) is 0 Å². The van der Waals surface area contributed by atoms with Gasteiger partial charge in [-0.15, -0.1) is 0 Å². The maximum absolute atomic E-state index is 9.64. The maximum atomic E-state index is 9.64. The van der Waals surface area contributed by atoms with E-state index in [9.17, 15) is 10.2 Å². The second kappa shape index (κ2) is 7.98. The van der Waals surface area contributed by atoms with Crippen LogP contribution in [0, 0.1) is 0 Å². The van der Waals surface area contributed by atoms with Crippen molar-refractivity contribution in [3.63, 3.8) is 0 Å².